The van der Waals surface area contributed by atoms with Gasteiger partial charge in [-0.25, -0.2) is 0 Å². The highest BCUT2D eigenvalue weighted by atomic mass is 16.3. The van der Waals surface area contributed by atoms with Gasteiger partial charge in [-0.2, -0.15) is 0 Å². The van der Waals surface area contributed by atoms with E-state index in [9.17, 15) is 14.7 Å². The fraction of sp³-hybridized carbons (Fsp3) is 0.276. The summed E-state index contributed by atoms with van der Waals surface area (Å²) in [5, 5.41) is 15.9. The largest absolute Gasteiger partial charge is 0.508 e. The molecule has 3 aromatic carbocycles. The number of guanidine groups is 1. The molecule has 3 aromatic rings. The predicted octanol–water partition coefficient (Wildman–Crippen LogP) is 2.87. The zero-order valence-electron chi connectivity index (χ0n) is 20.6. The van der Waals surface area contributed by atoms with Crippen molar-refractivity contribution in [3.63, 3.8) is 0 Å². The molecule has 0 heterocycles. The number of aryl methyl sites for hydroxylation is 1. The number of aromatic hydroxyl groups is 1. The number of carbonyl (C=O) groups is 2. The lowest BCUT2D eigenvalue weighted by Gasteiger charge is -2.25. The molecule has 0 saturated heterocycles. The molecule has 4 rings (SSSR count). The molecule has 37 heavy (non-hydrogen) atoms. The molecule has 2 amide bonds. The van der Waals surface area contributed by atoms with E-state index in [4.69, 9.17) is 11.5 Å². The maximum atomic E-state index is 13.7. The molecule has 0 radical (unpaired) electrons. The van der Waals surface area contributed by atoms with E-state index in [0.717, 1.165) is 35.1 Å². The van der Waals surface area contributed by atoms with Gasteiger partial charge in [-0.15, -0.1) is 0 Å². The van der Waals surface area contributed by atoms with Crippen molar-refractivity contribution in [2.45, 2.75) is 43.7 Å². The van der Waals surface area contributed by atoms with Gasteiger partial charge in [0, 0.05) is 6.54 Å². The van der Waals surface area contributed by atoms with Crippen molar-refractivity contribution in [2.24, 2.45) is 16.5 Å². The molecule has 0 bridgehead atoms. The molecule has 8 nitrogen and oxygen atoms in total. The Labute approximate surface area is 216 Å². The van der Waals surface area contributed by atoms with Crippen LogP contribution >= 0.6 is 0 Å². The number of rotatable bonds is 10. The van der Waals surface area contributed by atoms with Crippen LogP contribution in [-0.2, 0) is 16.0 Å². The molecule has 0 fully saturated rings. The number of hydrogen-bond donors (Lipinski definition) is 5. The van der Waals surface area contributed by atoms with E-state index in [1.54, 1.807) is 12.1 Å². The number of nitrogens with two attached hydrogens (primary N) is 2. The van der Waals surface area contributed by atoms with E-state index in [-0.39, 0.29) is 29.6 Å². The van der Waals surface area contributed by atoms with E-state index in [1.165, 1.54) is 0 Å². The Bertz CT molecular complexity index is 1200. The minimum atomic E-state index is -0.766. The summed E-state index contributed by atoms with van der Waals surface area (Å²) in [5.74, 6) is -0.877. The molecule has 0 aromatic heterocycles. The maximum absolute atomic E-state index is 13.7. The molecular formula is C29H33N5O3. The average molecular weight is 500 g/mol. The number of amides is 2. The Morgan fingerprint density at radius 3 is 2.22 bits per heavy atom. The maximum Gasteiger partial charge on any atom is 0.243 e. The van der Waals surface area contributed by atoms with Crippen LogP contribution in [-0.4, -0.2) is 35.5 Å². The molecule has 0 spiro atoms. The average Bonchev–Trinajstić information content (AvgIpc) is 3.28. The smallest absolute Gasteiger partial charge is 0.243 e. The highest BCUT2D eigenvalue weighted by Crippen LogP contribution is 2.33. The fourth-order valence-electron chi connectivity index (χ4n) is 4.84. The van der Waals surface area contributed by atoms with Crippen molar-refractivity contribution in [1.82, 2.24) is 10.6 Å². The van der Waals surface area contributed by atoms with Crippen LogP contribution in [0.4, 0.5) is 0 Å². The van der Waals surface area contributed by atoms with Crippen LogP contribution < -0.4 is 22.1 Å². The monoisotopic (exact) mass is 499 g/mol. The van der Waals surface area contributed by atoms with Crippen molar-refractivity contribution in [2.75, 3.05) is 6.54 Å². The Morgan fingerprint density at radius 2 is 1.59 bits per heavy atom. The molecule has 0 saturated carbocycles. The first-order chi connectivity index (χ1) is 17.9. The van der Waals surface area contributed by atoms with Crippen LogP contribution in [0.5, 0.6) is 5.75 Å². The van der Waals surface area contributed by atoms with Crippen molar-refractivity contribution in [1.29, 1.82) is 0 Å². The van der Waals surface area contributed by atoms with E-state index in [1.807, 2.05) is 66.7 Å². The van der Waals surface area contributed by atoms with E-state index in [0.29, 0.717) is 19.4 Å². The Hall–Kier alpha value is -4.33. The lowest BCUT2D eigenvalue weighted by Crippen LogP contribution is -2.49. The molecule has 0 unspecified atom stereocenters. The molecule has 7 N–H and O–H groups in total. The molecule has 0 aliphatic heterocycles. The third-order valence-electron chi connectivity index (χ3n) is 6.63. The van der Waals surface area contributed by atoms with E-state index in [2.05, 4.69) is 15.6 Å². The minimum Gasteiger partial charge on any atom is -0.508 e. The van der Waals surface area contributed by atoms with Gasteiger partial charge in [-0.05, 0) is 60.1 Å². The van der Waals surface area contributed by atoms with Crippen LogP contribution in [0.15, 0.2) is 83.9 Å². The first-order valence-corrected chi connectivity index (χ1v) is 12.5. The van der Waals surface area contributed by atoms with Gasteiger partial charge in [0.05, 0.1) is 12.0 Å². The number of phenolic OH excluding ortho intramolecular Hbond substituents is 1. The Balaban J connectivity index is 1.54. The molecule has 192 valence electrons. The fourth-order valence-corrected chi connectivity index (χ4v) is 4.84. The van der Waals surface area contributed by atoms with E-state index < -0.39 is 12.0 Å². The zero-order valence-corrected chi connectivity index (χ0v) is 20.6. The van der Waals surface area contributed by atoms with Crippen LogP contribution in [0.2, 0.25) is 0 Å². The molecule has 1 aliphatic rings. The summed E-state index contributed by atoms with van der Waals surface area (Å²) >= 11 is 0. The van der Waals surface area contributed by atoms with Crippen LogP contribution in [0.3, 0.4) is 0 Å². The second-order valence-electron chi connectivity index (χ2n) is 9.25. The van der Waals surface area contributed by atoms with Crippen molar-refractivity contribution in [3.8, 4) is 5.75 Å². The van der Waals surface area contributed by atoms with Gasteiger partial charge >= 0.3 is 0 Å². The summed E-state index contributed by atoms with van der Waals surface area (Å²) in [7, 11) is 0. The lowest BCUT2D eigenvalue weighted by molar-refractivity contribution is -0.130. The zero-order chi connectivity index (χ0) is 26.2. The number of aliphatic imine (C=N–C) groups is 1. The Kier molecular flexibility index (Phi) is 8.40. The topological polar surface area (TPSA) is 143 Å². The number of benzene rings is 3. The minimum absolute atomic E-state index is 0.0101. The second-order valence-corrected chi connectivity index (χ2v) is 9.25. The van der Waals surface area contributed by atoms with Crippen molar-refractivity contribution in [3.05, 3.63) is 101 Å². The number of carbonyl (C=O) groups excluding carboxylic acids is 2. The van der Waals surface area contributed by atoms with Gasteiger partial charge < -0.3 is 27.2 Å². The van der Waals surface area contributed by atoms with Crippen molar-refractivity contribution < 1.29 is 14.7 Å². The van der Waals surface area contributed by atoms with Gasteiger partial charge in [0.2, 0.25) is 11.8 Å². The van der Waals surface area contributed by atoms with Gasteiger partial charge in [0.25, 0.3) is 0 Å². The summed E-state index contributed by atoms with van der Waals surface area (Å²) in [6, 6.07) is 23.3. The number of phenols is 1. The molecule has 1 aliphatic carbocycles. The van der Waals surface area contributed by atoms with E-state index >= 15 is 0 Å². The molecular weight excluding hydrogens is 466 g/mol. The lowest BCUT2D eigenvalue weighted by atomic mass is 9.90. The summed E-state index contributed by atoms with van der Waals surface area (Å²) in [6.45, 7) is 0.355. The van der Waals surface area contributed by atoms with Crippen LogP contribution in [0, 0.1) is 0 Å². The van der Waals surface area contributed by atoms with Crippen LogP contribution in [0.25, 0.3) is 0 Å². The standard InChI is InChI=1S/C29H33N5O3/c30-29(31)32-17-7-12-25(27(36)33-24-16-13-21-18-22(35)14-15-23(21)24)34-28(37)26(19-8-3-1-4-9-19)20-10-5-2-6-11-20/h1-6,8-11,14-15,18,24-26,35H,7,12-13,16-17H2,(H,33,36)(H,34,37)(H4,30,31,32)/t24-,25-/m1/s1. The normalized spacial score (nSPS) is 15.0. The number of hydrogen-bond acceptors (Lipinski definition) is 4. The predicted molar refractivity (Wildman–Crippen MR) is 144 cm³/mol. The van der Waals surface area contributed by atoms with Gasteiger partial charge in [0.15, 0.2) is 5.96 Å². The van der Waals surface area contributed by atoms with Gasteiger partial charge in [-0.1, -0.05) is 66.7 Å². The number of nitrogens with one attached hydrogen (secondary N) is 2. The second kappa shape index (κ2) is 12.1. The first-order valence-electron chi connectivity index (χ1n) is 12.5. The molecule has 2 atom stereocenters. The third kappa shape index (κ3) is 6.67. The summed E-state index contributed by atoms with van der Waals surface area (Å²) < 4.78 is 0. The summed E-state index contributed by atoms with van der Waals surface area (Å²) in [6.07, 6.45) is 2.39. The number of fused-ring (bicyclic) bond motifs is 1. The van der Waals surface area contributed by atoms with Gasteiger partial charge in [-0.3, -0.25) is 14.6 Å². The summed E-state index contributed by atoms with van der Waals surface area (Å²) in [5.41, 5.74) is 14.6. The summed E-state index contributed by atoms with van der Waals surface area (Å²) in [4.78, 5) is 31.2. The van der Waals surface area contributed by atoms with Gasteiger partial charge in [0.1, 0.15) is 11.8 Å². The Morgan fingerprint density at radius 1 is 0.946 bits per heavy atom. The highest BCUT2D eigenvalue weighted by molar-refractivity contribution is 5.92. The molecule has 8 heteroatoms. The van der Waals surface area contributed by atoms with Crippen molar-refractivity contribution >= 4 is 17.8 Å². The third-order valence-corrected chi connectivity index (χ3v) is 6.63. The highest BCUT2D eigenvalue weighted by Gasteiger charge is 2.30. The number of nitrogens with zero attached hydrogens (tertiary/aromatic N) is 1. The quantitative estimate of drug-likeness (QED) is 0.166. The first kappa shape index (κ1) is 25.8. The van der Waals surface area contributed by atoms with Crippen LogP contribution in [0.1, 0.15) is 53.5 Å². The SMILES string of the molecule is NC(N)=NCCC[C@@H](NC(=O)C(c1ccccc1)c1ccccc1)C(=O)N[C@@H]1CCc2cc(O)ccc21.